The molecule has 2 saturated heterocycles. The van der Waals surface area contributed by atoms with Crippen LogP contribution >= 0.6 is 0 Å². The fraction of sp³-hybridized carbons (Fsp3) is 0.882. The molecule has 5 N–H and O–H groups in total. The maximum atomic E-state index is 14.4. The van der Waals surface area contributed by atoms with Crippen LogP contribution in [0.2, 0.25) is 0 Å². The number of hydrogen-bond donors (Lipinski definition) is 5. The highest BCUT2D eigenvalue weighted by molar-refractivity contribution is 7.93. The topological polar surface area (TPSA) is 174 Å². The van der Waals surface area contributed by atoms with Crippen molar-refractivity contribution in [2.75, 3.05) is 12.3 Å². The molecular weight excluding hydrogens is 622 g/mol. The van der Waals surface area contributed by atoms with Crippen molar-refractivity contribution in [2.45, 2.75) is 153 Å². The van der Waals surface area contributed by atoms with E-state index in [0.717, 1.165) is 38.5 Å². The van der Waals surface area contributed by atoms with Crippen LogP contribution in [0.1, 0.15) is 112 Å². The van der Waals surface area contributed by atoms with Crippen molar-refractivity contribution in [2.24, 2.45) is 22.7 Å². The molecule has 7 atom stereocenters. The third-order valence-corrected chi connectivity index (χ3v) is 14.1. The van der Waals surface area contributed by atoms with Gasteiger partial charge in [-0.1, -0.05) is 73.6 Å². The first-order valence-electron chi connectivity index (χ1n) is 17.8. The predicted octanol–water partition coefficient (Wildman–Crippen LogP) is 2.39. The molecule has 0 bridgehead atoms. The maximum absolute atomic E-state index is 14.4. The van der Waals surface area contributed by atoms with Crippen LogP contribution in [0.5, 0.6) is 0 Å². The molecule has 0 aromatic carbocycles. The monoisotopic (exact) mass is 679 g/mol. The van der Waals surface area contributed by atoms with Crippen molar-refractivity contribution >= 4 is 33.6 Å². The lowest BCUT2D eigenvalue weighted by Crippen LogP contribution is -2.67. The molecule has 0 spiro atoms. The van der Waals surface area contributed by atoms with E-state index < -0.39 is 68.1 Å². The molecule has 0 radical (unpaired) electrons. The normalized spacial score (nSPS) is 30.5. The third-order valence-electron chi connectivity index (χ3n) is 11.7. The van der Waals surface area contributed by atoms with Gasteiger partial charge in [0, 0.05) is 12.6 Å². The third kappa shape index (κ3) is 7.31. The lowest BCUT2D eigenvalue weighted by molar-refractivity contribution is -0.144. The van der Waals surface area contributed by atoms with E-state index in [2.05, 4.69) is 35.1 Å². The van der Waals surface area contributed by atoms with Crippen LogP contribution in [0.4, 0.5) is 4.79 Å². The zero-order valence-corrected chi connectivity index (χ0v) is 29.9. The highest BCUT2D eigenvalue weighted by Crippen LogP contribution is 2.65. The van der Waals surface area contributed by atoms with Gasteiger partial charge in [0.05, 0.1) is 22.6 Å². The zero-order chi connectivity index (χ0) is 34.5. The second kappa shape index (κ2) is 13.1. The Morgan fingerprint density at radius 2 is 1.66 bits per heavy atom. The molecule has 0 aromatic heterocycles. The Morgan fingerprint density at radius 1 is 1.00 bits per heavy atom. The van der Waals surface area contributed by atoms with Gasteiger partial charge < -0.3 is 31.3 Å². The zero-order valence-electron chi connectivity index (χ0n) is 29.1. The van der Waals surface area contributed by atoms with Crippen molar-refractivity contribution in [3.63, 3.8) is 0 Å². The molecule has 0 aromatic rings. The van der Waals surface area contributed by atoms with Gasteiger partial charge in [0.15, 0.2) is 15.9 Å². The number of carbonyl (C=O) groups excluding carboxylic acids is 4. The van der Waals surface area contributed by atoms with E-state index in [1.165, 1.54) is 0 Å². The van der Waals surface area contributed by atoms with Gasteiger partial charge in [-0.15, -0.1) is 0 Å². The molecule has 5 rings (SSSR count). The van der Waals surface area contributed by atoms with Crippen LogP contribution in [-0.2, 0) is 24.2 Å². The first-order chi connectivity index (χ1) is 21.9. The second-order valence-electron chi connectivity index (χ2n) is 16.6. The second-order valence-corrected chi connectivity index (χ2v) is 18.9. The number of carbonyl (C=O) groups is 4. The van der Waals surface area contributed by atoms with Gasteiger partial charge in [-0.3, -0.25) is 14.4 Å². The summed E-state index contributed by atoms with van der Waals surface area (Å²) in [6, 6.07) is -3.10. The number of likely N-dealkylation sites (tertiary alicyclic amines) is 1. The number of hydrogen-bond acceptors (Lipinski definition) is 7. The predicted molar refractivity (Wildman–Crippen MR) is 178 cm³/mol. The summed E-state index contributed by atoms with van der Waals surface area (Å²) >= 11 is 0. The van der Waals surface area contributed by atoms with Crippen molar-refractivity contribution in [3.8, 4) is 0 Å². The minimum atomic E-state index is -3.28. The van der Waals surface area contributed by atoms with Gasteiger partial charge in [-0.25, -0.2) is 13.2 Å². The van der Waals surface area contributed by atoms with Crippen LogP contribution in [0.25, 0.3) is 0 Å². The molecule has 5 fully saturated rings. The Balaban J connectivity index is 1.33. The lowest BCUT2D eigenvalue weighted by atomic mass is 9.78. The standard InChI is InChI=1S/C34H57N5O7S/c1-7-8-12-22(26(40)29(42)35-20-13-14-20)36-28(41)25-24-21(33(24,5)6)19-39(25)30(43)27(32(2,3)4)37-31(44)38-34(16-10-9-11-17-34)23-15-18-47(23,45)46/h20-27,40H,7-19H2,1-6H3,(H,35,42)(H,36,41)(H2,37,38,44)/t21-,22-,23?,24-,25-,26?,27+/m0/s1. The minimum Gasteiger partial charge on any atom is -0.381 e. The summed E-state index contributed by atoms with van der Waals surface area (Å²) < 4.78 is 25.4. The fourth-order valence-electron chi connectivity index (χ4n) is 8.48. The lowest BCUT2D eigenvalue weighted by Gasteiger charge is -2.47. The average Bonchev–Trinajstić information content (AvgIpc) is 3.83. The number of aliphatic hydroxyl groups is 1. The summed E-state index contributed by atoms with van der Waals surface area (Å²) in [7, 11) is -3.28. The van der Waals surface area contributed by atoms with Crippen LogP contribution in [0, 0.1) is 22.7 Å². The van der Waals surface area contributed by atoms with Crippen molar-refractivity contribution in [3.05, 3.63) is 0 Å². The SMILES string of the molecule is CCCC[C@H](NC(=O)[C@@H]1[C@@H]2[C@H](CN1C(=O)[C@@H](NC(=O)NC1(C3CCS3(=O)=O)CCCCC1)C(C)(C)C)C2(C)C)C(O)C(=O)NC1CC1. The number of fused-ring (bicyclic) bond motifs is 1. The molecule has 13 heteroatoms. The molecule has 3 aliphatic carbocycles. The van der Waals surface area contributed by atoms with E-state index in [9.17, 15) is 32.7 Å². The molecule has 12 nitrogen and oxygen atoms in total. The summed E-state index contributed by atoms with van der Waals surface area (Å²) in [5.41, 5.74) is -1.74. The van der Waals surface area contributed by atoms with Gasteiger partial charge in [0.1, 0.15) is 12.1 Å². The van der Waals surface area contributed by atoms with Crippen LogP contribution in [0.15, 0.2) is 0 Å². The molecule has 5 aliphatic rings. The van der Waals surface area contributed by atoms with E-state index in [4.69, 9.17) is 0 Å². The van der Waals surface area contributed by atoms with Crippen molar-refractivity contribution < 1.29 is 32.7 Å². The van der Waals surface area contributed by atoms with Crippen molar-refractivity contribution in [1.29, 1.82) is 0 Å². The van der Waals surface area contributed by atoms with E-state index in [0.29, 0.717) is 38.6 Å². The number of amides is 5. The van der Waals surface area contributed by atoms with Crippen LogP contribution in [-0.4, -0.2) is 95.5 Å². The number of unbranched alkanes of at least 4 members (excludes halogenated alkanes) is 1. The molecule has 2 aliphatic heterocycles. The first-order valence-corrected chi connectivity index (χ1v) is 19.5. The summed E-state index contributed by atoms with van der Waals surface area (Å²) in [4.78, 5) is 56.5. The van der Waals surface area contributed by atoms with E-state index in [-0.39, 0.29) is 35.0 Å². The number of nitrogens with zero attached hydrogens (tertiary/aromatic N) is 1. The Kier molecular flexibility index (Phi) is 10.0. The average molecular weight is 680 g/mol. The van der Waals surface area contributed by atoms with Gasteiger partial charge in [-0.05, 0) is 61.2 Å². The van der Waals surface area contributed by atoms with E-state index in [1.807, 2.05) is 27.7 Å². The molecule has 2 heterocycles. The highest BCUT2D eigenvalue weighted by Gasteiger charge is 2.70. The van der Waals surface area contributed by atoms with Crippen LogP contribution in [0.3, 0.4) is 0 Å². The fourth-order valence-corrected chi connectivity index (χ4v) is 10.3. The Hall–Kier alpha value is -2.41. The molecule has 266 valence electrons. The number of nitrogens with one attached hydrogen (secondary N) is 4. The molecule has 2 unspecified atom stereocenters. The number of urea groups is 1. The number of sulfone groups is 1. The van der Waals surface area contributed by atoms with Gasteiger partial charge in [0.2, 0.25) is 11.8 Å². The van der Waals surface area contributed by atoms with E-state index >= 15 is 0 Å². The van der Waals surface area contributed by atoms with E-state index in [1.54, 1.807) is 4.90 Å². The Labute approximate surface area is 280 Å². The first kappa shape index (κ1) is 35.9. The maximum Gasteiger partial charge on any atom is 0.315 e. The Bertz CT molecular complexity index is 1330. The summed E-state index contributed by atoms with van der Waals surface area (Å²) in [6.45, 7) is 12.1. The molecule has 3 saturated carbocycles. The minimum absolute atomic E-state index is 0.0702. The van der Waals surface area contributed by atoms with Crippen LogP contribution < -0.4 is 21.3 Å². The summed E-state index contributed by atoms with van der Waals surface area (Å²) in [6.07, 6.45) is 6.62. The summed E-state index contributed by atoms with van der Waals surface area (Å²) in [5, 5.41) is 22.1. The quantitative estimate of drug-likeness (QED) is 0.211. The van der Waals surface area contributed by atoms with Crippen molar-refractivity contribution in [1.82, 2.24) is 26.2 Å². The molecule has 5 amide bonds. The summed E-state index contributed by atoms with van der Waals surface area (Å²) in [5.74, 6) is -1.13. The smallest absolute Gasteiger partial charge is 0.315 e. The number of rotatable bonds is 12. The largest absolute Gasteiger partial charge is 0.381 e. The van der Waals surface area contributed by atoms with Gasteiger partial charge >= 0.3 is 6.03 Å². The number of piperidine rings is 1. The molecule has 47 heavy (non-hydrogen) atoms. The van der Waals surface area contributed by atoms with Gasteiger partial charge in [-0.2, -0.15) is 0 Å². The Morgan fingerprint density at radius 3 is 2.19 bits per heavy atom. The highest BCUT2D eigenvalue weighted by atomic mass is 32.2. The molecular formula is C34H57N5O7S. The number of aliphatic hydroxyl groups excluding tert-OH is 1. The van der Waals surface area contributed by atoms with Gasteiger partial charge in [0.25, 0.3) is 5.91 Å².